The number of carbonyl (C=O) groups excluding carboxylic acids is 1. The Balaban J connectivity index is 2.13. The minimum Gasteiger partial charge on any atom is -0.507 e. The molecule has 2 aromatic heterocycles. The molecule has 2 N–H and O–H groups in total. The lowest BCUT2D eigenvalue weighted by atomic mass is 9.88. The highest BCUT2D eigenvalue weighted by molar-refractivity contribution is 6.32. The Bertz CT molecular complexity index is 1210. The minimum atomic E-state index is -0.982. The van der Waals surface area contributed by atoms with E-state index in [-0.39, 0.29) is 34.0 Å². The first-order chi connectivity index (χ1) is 15.2. The van der Waals surface area contributed by atoms with Crippen molar-refractivity contribution in [1.82, 2.24) is 14.5 Å². The van der Waals surface area contributed by atoms with Crippen LogP contribution in [-0.4, -0.2) is 37.6 Å². The van der Waals surface area contributed by atoms with E-state index in [1.807, 2.05) is 0 Å². The highest BCUT2D eigenvalue weighted by Gasteiger charge is 2.28. The molecule has 1 atom stereocenters. The maximum Gasteiger partial charge on any atom is 0.306 e. The number of aromatic amines is 1. The summed E-state index contributed by atoms with van der Waals surface area (Å²) in [5.41, 5.74) is 0.698. The number of aromatic nitrogens is 3. The molecular weight excluding hydrogens is 440 g/mol. The maximum atomic E-state index is 13.4. The number of carbonyl (C=O) groups is 1. The van der Waals surface area contributed by atoms with Crippen LogP contribution in [0.3, 0.4) is 0 Å². The minimum absolute atomic E-state index is 0.0535. The van der Waals surface area contributed by atoms with E-state index in [1.165, 1.54) is 42.3 Å². The highest BCUT2D eigenvalue weighted by Crippen LogP contribution is 2.36. The predicted octanol–water partition coefficient (Wildman–Crippen LogP) is 3.08. The van der Waals surface area contributed by atoms with Gasteiger partial charge in [-0.25, -0.2) is 4.98 Å². The van der Waals surface area contributed by atoms with E-state index >= 15 is 0 Å². The van der Waals surface area contributed by atoms with Crippen LogP contribution < -0.4 is 5.56 Å². The number of rotatable bonds is 8. The zero-order chi connectivity index (χ0) is 23.4. The van der Waals surface area contributed by atoms with E-state index in [0.717, 1.165) is 5.69 Å². The van der Waals surface area contributed by atoms with E-state index in [0.29, 0.717) is 18.7 Å². The van der Waals surface area contributed by atoms with Gasteiger partial charge in [0.2, 0.25) is 0 Å². The molecule has 0 amide bonds. The lowest BCUT2D eigenvalue weighted by molar-refractivity contribution is -0.384. The van der Waals surface area contributed by atoms with Crippen LogP contribution in [0.2, 0.25) is 5.02 Å². The first kappa shape index (κ1) is 23.0. The third-order valence-electron chi connectivity index (χ3n) is 5.20. The van der Waals surface area contributed by atoms with Crippen molar-refractivity contribution in [1.29, 1.82) is 0 Å². The molecule has 32 heavy (non-hydrogen) atoms. The molecule has 0 saturated carbocycles. The first-order valence-corrected chi connectivity index (χ1v) is 10.0. The number of imidazole rings is 1. The highest BCUT2D eigenvalue weighted by atomic mass is 35.5. The largest absolute Gasteiger partial charge is 0.507 e. The number of nitrogens with zero attached hydrogens (tertiary/aromatic N) is 3. The van der Waals surface area contributed by atoms with Gasteiger partial charge in [0, 0.05) is 42.5 Å². The number of halogens is 1. The molecule has 0 radical (unpaired) electrons. The van der Waals surface area contributed by atoms with Gasteiger partial charge in [-0.1, -0.05) is 17.7 Å². The number of esters is 1. The molecular formula is C21H21ClN4O6. The number of nitro benzene ring substituents is 1. The number of hydrogen-bond acceptors (Lipinski definition) is 7. The Morgan fingerprint density at radius 1 is 1.41 bits per heavy atom. The number of ether oxygens (including phenoxy) is 1. The second-order valence-electron chi connectivity index (χ2n) is 7.17. The summed E-state index contributed by atoms with van der Waals surface area (Å²) in [5.74, 6) is -1.93. The molecule has 0 aliphatic heterocycles. The third-order valence-corrected chi connectivity index (χ3v) is 5.52. The van der Waals surface area contributed by atoms with Crippen molar-refractivity contribution < 1.29 is 19.6 Å². The molecule has 0 spiro atoms. The van der Waals surface area contributed by atoms with E-state index in [1.54, 1.807) is 13.1 Å². The fraction of sp³-hybridized carbons (Fsp3) is 0.286. The fourth-order valence-corrected chi connectivity index (χ4v) is 3.74. The standard InChI is InChI=1S/C21H21ClN4O6/c1-12-7-18(27)20(21(29)25(12)6-5-14-10-23-11-24-14)15(9-19(28)32-2)13-3-4-16(22)17(8-13)26(30)31/h3-4,7-8,10-11,15,27H,5-6,9H2,1-2H3,(H,23,24)/t15-/m1/s1. The maximum absolute atomic E-state index is 13.4. The number of nitro groups is 1. The molecule has 0 bridgehead atoms. The summed E-state index contributed by atoms with van der Waals surface area (Å²) in [7, 11) is 1.20. The summed E-state index contributed by atoms with van der Waals surface area (Å²) in [6.07, 6.45) is 3.36. The van der Waals surface area contributed by atoms with Crippen molar-refractivity contribution in [2.75, 3.05) is 7.11 Å². The van der Waals surface area contributed by atoms with Gasteiger partial charge in [0.05, 0.1) is 30.3 Å². The molecule has 2 heterocycles. The lowest BCUT2D eigenvalue weighted by Crippen LogP contribution is -2.29. The average molecular weight is 461 g/mol. The van der Waals surface area contributed by atoms with Crippen LogP contribution in [0.5, 0.6) is 5.75 Å². The van der Waals surface area contributed by atoms with Gasteiger partial charge in [0.15, 0.2) is 0 Å². The molecule has 1 aromatic carbocycles. The average Bonchev–Trinajstić information content (AvgIpc) is 3.26. The van der Waals surface area contributed by atoms with Crippen LogP contribution in [0.15, 0.2) is 41.6 Å². The number of benzene rings is 1. The molecule has 3 aromatic rings. The monoisotopic (exact) mass is 460 g/mol. The summed E-state index contributed by atoms with van der Waals surface area (Å²) in [5, 5.41) is 21.9. The number of nitrogens with one attached hydrogen (secondary N) is 1. The van der Waals surface area contributed by atoms with Crippen molar-refractivity contribution in [2.45, 2.75) is 32.2 Å². The van der Waals surface area contributed by atoms with Crippen LogP contribution in [0, 0.1) is 17.0 Å². The molecule has 10 nitrogen and oxygen atoms in total. The second kappa shape index (κ2) is 9.65. The van der Waals surface area contributed by atoms with E-state index in [4.69, 9.17) is 16.3 Å². The van der Waals surface area contributed by atoms with Gasteiger partial charge in [-0.3, -0.25) is 19.7 Å². The molecule has 0 unspecified atom stereocenters. The molecule has 0 saturated heterocycles. The first-order valence-electron chi connectivity index (χ1n) is 9.64. The number of methoxy groups -OCH3 is 1. The van der Waals surface area contributed by atoms with Gasteiger partial charge in [-0.05, 0) is 24.6 Å². The Morgan fingerprint density at radius 3 is 2.78 bits per heavy atom. The van der Waals surface area contributed by atoms with Crippen LogP contribution >= 0.6 is 11.6 Å². The zero-order valence-electron chi connectivity index (χ0n) is 17.4. The number of aryl methyl sites for hydroxylation is 2. The van der Waals surface area contributed by atoms with Gasteiger partial charge in [-0.15, -0.1) is 0 Å². The lowest BCUT2D eigenvalue weighted by Gasteiger charge is -2.20. The van der Waals surface area contributed by atoms with Gasteiger partial charge in [-0.2, -0.15) is 0 Å². The van der Waals surface area contributed by atoms with Gasteiger partial charge < -0.3 is 19.4 Å². The normalized spacial score (nSPS) is 11.8. The van der Waals surface area contributed by atoms with Crippen molar-refractivity contribution in [3.05, 3.63) is 84.8 Å². The van der Waals surface area contributed by atoms with Crippen LogP contribution in [0.4, 0.5) is 5.69 Å². The molecule has 0 aliphatic carbocycles. The SMILES string of the molecule is COC(=O)C[C@H](c1ccc(Cl)c([N+](=O)[O-])c1)c1c(O)cc(C)n(CCc2cnc[nH]2)c1=O. The van der Waals surface area contributed by atoms with E-state index in [9.17, 15) is 24.8 Å². The summed E-state index contributed by atoms with van der Waals surface area (Å²) in [6.45, 7) is 1.98. The Kier molecular flexibility index (Phi) is 6.94. The molecule has 11 heteroatoms. The van der Waals surface area contributed by atoms with Gasteiger partial charge in [0.1, 0.15) is 10.8 Å². The van der Waals surface area contributed by atoms with Gasteiger partial charge in [0.25, 0.3) is 11.2 Å². The smallest absolute Gasteiger partial charge is 0.306 e. The van der Waals surface area contributed by atoms with Crippen molar-refractivity contribution >= 4 is 23.3 Å². The Morgan fingerprint density at radius 2 is 2.16 bits per heavy atom. The summed E-state index contributed by atoms with van der Waals surface area (Å²) >= 11 is 5.92. The number of hydrogen-bond donors (Lipinski definition) is 2. The van der Waals surface area contributed by atoms with Crippen molar-refractivity contribution in [2.24, 2.45) is 0 Å². The predicted molar refractivity (Wildman–Crippen MR) is 116 cm³/mol. The summed E-state index contributed by atoms with van der Waals surface area (Å²) < 4.78 is 6.23. The van der Waals surface area contributed by atoms with E-state index in [2.05, 4.69) is 9.97 Å². The Labute approximate surface area is 187 Å². The van der Waals surface area contributed by atoms with Crippen molar-refractivity contribution in [3.63, 3.8) is 0 Å². The summed E-state index contributed by atoms with van der Waals surface area (Å²) in [4.78, 5) is 43.1. The van der Waals surface area contributed by atoms with Gasteiger partial charge >= 0.3 is 5.97 Å². The summed E-state index contributed by atoms with van der Waals surface area (Å²) in [6, 6.07) is 5.43. The Hall–Kier alpha value is -3.66. The fourth-order valence-electron chi connectivity index (χ4n) is 3.55. The molecule has 0 fully saturated rings. The van der Waals surface area contributed by atoms with Crippen LogP contribution in [0.1, 0.15) is 34.9 Å². The number of pyridine rings is 1. The molecule has 0 aliphatic rings. The zero-order valence-corrected chi connectivity index (χ0v) is 18.1. The molecule has 168 valence electrons. The van der Waals surface area contributed by atoms with Crippen LogP contribution in [0.25, 0.3) is 0 Å². The third kappa shape index (κ3) is 4.80. The number of H-pyrrole nitrogens is 1. The van der Waals surface area contributed by atoms with Crippen molar-refractivity contribution in [3.8, 4) is 5.75 Å². The topological polar surface area (TPSA) is 140 Å². The second-order valence-corrected chi connectivity index (χ2v) is 7.58. The molecule has 3 rings (SSSR count). The van der Waals surface area contributed by atoms with Crippen LogP contribution in [-0.2, 0) is 22.5 Å². The van der Waals surface area contributed by atoms with E-state index < -0.39 is 22.4 Å². The quantitative estimate of drug-likeness (QED) is 0.299. The number of aromatic hydroxyl groups is 1.